The van der Waals surface area contributed by atoms with Gasteiger partial charge in [-0.3, -0.25) is 9.36 Å². The smallest absolute Gasteiger partial charge is 0.0712 e. The van der Waals surface area contributed by atoms with Crippen molar-refractivity contribution in [3.05, 3.63) is 59.2 Å². The molecule has 0 radical (unpaired) electrons. The van der Waals surface area contributed by atoms with Crippen LogP contribution in [0, 0.1) is 13.8 Å². The first-order chi connectivity index (χ1) is 10.6. The molecule has 0 amide bonds. The van der Waals surface area contributed by atoms with Crippen molar-refractivity contribution in [3.8, 4) is 11.1 Å². The van der Waals surface area contributed by atoms with E-state index in [1.807, 2.05) is 29.5 Å². The van der Waals surface area contributed by atoms with E-state index in [4.69, 9.17) is 5.11 Å². The van der Waals surface area contributed by atoms with Crippen LogP contribution in [0.15, 0.2) is 36.7 Å². The Morgan fingerprint density at radius 1 is 1.09 bits per heavy atom. The molecule has 0 atom stereocenters. The second-order valence-electron chi connectivity index (χ2n) is 5.57. The van der Waals surface area contributed by atoms with Gasteiger partial charge in [-0.2, -0.15) is 10.2 Å². The number of aromatic nitrogens is 4. The van der Waals surface area contributed by atoms with Crippen molar-refractivity contribution < 1.29 is 5.11 Å². The summed E-state index contributed by atoms with van der Waals surface area (Å²) >= 11 is 0. The summed E-state index contributed by atoms with van der Waals surface area (Å²) in [5, 5.41) is 17.8. The minimum absolute atomic E-state index is 0.0263. The Balaban J connectivity index is 1.83. The molecular formula is C17H20N4O. The maximum Gasteiger partial charge on any atom is 0.0712 e. The summed E-state index contributed by atoms with van der Waals surface area (Å²) in [6.45, 7) is 4.85. The SMILES string of the molecule is Cc1nn(C)c(C)c1-c1ccc(Cn2cc(CO)cn2)cc1. The first kappa shape index (κ1) is 14.5. The Morgan fingerprint density at radius 3 is 2.36 bits per heavy atom. The number of aliphatic hydroxyl groups excluding tert-OH is 1. The van der Waals surface area contributed by atoms with Crippen LogP contribution in [0.2, 0.25) is 0 Å². The van der Waals surface area contributed by atoms with Crippen LogP contribution in [-0.4, -0.2) is 24.7 Å². The lowest BCUT2D eigenvalue weighted by molar-refractivity contribution is 0.281. The number of rotatable bonds is 4. The monoisotopic (exact) mass is 296 g/mol. The molecule has 1 N–H and O–H groups in total. The van der Waals surface area contributed by atoms with Crippen molar-refractivity contribution in [2.45, 2.75) is 27.0 Å². The van der Waals surface area contributed by atoms with Gasteiger partial charge >= 0.3 is 0 Å². The van der Waals surface area contributed by atoms with Crippen LogP contribution in [0.25, 0.3) is 11.1 Å². The van der Waals surface area contributed by atoms with Gasteiger partial charge in [0.05, 0.1) is 25.0 Å². The summed E-state index contributed by atoms with van der Waals surface area (Å²) in [4.78, 5) is 0. The van der Waals surface area contributed by atoms with Crippen molar-refractivity contribution in [2.24, 2.45) is 7.05 Å². The molecule has 0 aliphatic carbocycles. The van der Waals surface area contributed by atoms with Gasteiger partial charge in [-0.05, 0) is 25.0 Å². The van der Waals surface area contributed by atoms with Gasteiger partial charge in [0.2, 0.25) is 0 Å². The Kier molecular flexibility index (Phi) is 3.81. The van der Waals surface area contributed by atoms with Crippen LogP contribution in [0.4, 0.5) is 0 Å². The molecular weight excluding hydrogens is 276 g/mol. The van der Waals surface area contributed by atoms with Crippen LogP contribution >= 0.6 is 0 Å². The van der Waals surface area contributed by atoms with Crippen LogP contribution in [0.5, 0.6) is 0 Å². The molecule has 2 aromatic heterocycles. The van der Waals surface area contributed by atoms with Crippen molar-refractivity contribution in [2.75, 3.05) is 0 Å². The summed E-state index contributed by atoms with van der Waals surface area (Å²) in [6, 6.07) is 8.48. The summed E-state index contributed by atoms with van der Waals surface area (Å²) in [5.41, 5.74) is 6.62. The van der Waals surface area contributed by atoms with Crippen LogP contribution in [0.3, 0.4) is 0 Å². The molecule has 0 bridgehead atoms. The highest BCUT2D eigenvalue weighted by atomic mass is 16.3. The topological polar surface area (TPSA) is 55.9 Å². The van der Waals surface area contributed by atoms with Crippen LogP contribution < -0.4 is 0 Å². The highest BCUT2D eigenvalue weighted by Gasteiger charge is 2.11. The Morgan fingerprint density at radius 2 is 1.82 bits per heavy atom. The maximum atomic E-state index is 9.07. The molecule has 0 fully saturated rings. The Labute approximate surface area is 129 Å². The molecule has 22 heavy (non-hydrogen) atoms. The van der Waals surface area contributed by atoms with E-state index in [9.17, 15) is 0 Å². The zero-order valence-electron chi connectivity index (χ0n) is 13.1. The van der Waals surface area contributed by atoms with Crippen LogP contribution in [0.1, 0.15) is 22.5 Å². The molecule has 3 aromatic rings. The van der Waals surface area contributed by atoms with Gasteiger partial charge in [-0.15, -0.1) is 0 Å². The molecule has 0 spiro atoms. The summed E-state index contributed by atoms with van der Waals surface area (Å²) in [6.07, 6.45) is 3.56. The summed E-state index contributed by atoms with van der Waals surface area (Å²) in [7, 11) is 1.97. The van der Waals surface area contributed by atoms with E-state index < -0.39 is 0 Å². The number of aryl methyl sites for hydroxylation is 2. The molecule has 0 aliphatic heterocycles. The second-order valence-corrected chi connectivity index (χ2v) is 5.57. The van der Waals surface area contributed by atoms with Crippen molar-refractivity contribution in [1.29, 1.82) is 0 Å². The Bertz CT molecular complexity index is 784. The van der Waals surface area contributed by atoms with Crippen molar-refractivity contribution in [1.82, 2.24) is 19.6 Å². The van der Waals surface area contributed by atoms with Crippen molar-refractivity contribution >= 4 is 0 Å². The molecule has 0 unspecified atom stereocenters. The first-order valence-corrected chi connectivity index (χ1v) is 7.30. The standard InChI is InChI=1S/C17H20N4O/c1-12-17(13(2)20(3)19-12)16-6-4-14(5-7-16)9-21-10-15(11-22)8-18-21/h4-8,10,22H,9,11H2,1-3H3. The van der Waals surface area contributed by atoms with E-state index in [0.717, 1.165) is 11.3 Å². The lowest BCUT2D eigenvalue weighted by Crippen LogP contribution is -1.99. The zero-order valence-corrected chi connectivity index (χ0v) is 13.1. The van der Waals surface area contributed by atoms with Gasteiger partial charge in [-0.25, -0.2) is 0 Å². The molecule has 3 rings (SSSR count). The van der Waals surface area contributed by atoms with Gasteiger partial charge < -0.3 is 5.11 Å². The lowest BCUT2D eigenvalue weighted by atomic mass is 10.0. The molecule has 0 saturated heterocycles. The van der Waals surface area contributed by atoms with Gasteiger partial charge in [-0.1, -0.05) is 24.3 Å². The highest BCUT2D eigenvalue weighted by molar-refractivity contribution is 5.68. The minimum Gasteiger partial charge on any atom is -0.392 e. The van der Waals surface area contributed by atoms with E-state index in [1.54, 1.807) is 6.20 Å². The summed E-state index contributed by atoms with van der Waals surface area (Å²) in [5.74, 6) is 0. The lowest BCUT2D eigenvalue weighted by Gasteiger charge is -2.06. The fourth-order valence-electron chi connectivity index (χ4n) is 2.73. The third kappa shape index (κ3) is 2.67. The second kappa shape index (κ2) is 5.77. The number of aliphatic hydroxyl groups is 1. The van der Waals surface area contributed by atoms with E-state index in [2.05, 4.69) is 41.4 Å². The number of hydrogen-bond acceptors (Lipinski definition) is 3. The largest absolute Gasteiger partial charge is 0.392 e. The Hall–Kier alpha value is -2.40. The van der Waals surface area contributed by atoms with Gasteiger partial charge in [0, 0.05) is 30.1 Å². The fourth-order valence-corrected chi connectivity index (χ4v) is 2.73. The summed E-state index contributed by atoms with van der Waals surface area (Å²) < 4.78 is 3.75. The molecule has 2 heterocycles. The predicted molar refractivity (Wildman–Crippen MR) is 85.4 cm³/mol. The quantitative estimate of drug-likeness (QED) is 0.804. The number of nitrogens with zero attached hydrogens (tertiary/aromatic N) is 4. The van der Waals surface area contributed by atoms with Gasteiger partial charge in [0.15, 0.2) is 0 Å². The number of benzene rings is 1. The van der Waals surface area contributed by atoms with E-state index in [0.29, 0.717) is 6.54 Å². The normalized spacial score (nSPS) is 11.1. The first-order valence-electron chi connectivity index (χ1n) is 7.30. The predicted octanol–water partition coefficient (Wildman–Crippen LogP) is 2.44. The highest BCUT2D eigenvalue weighted by Crippen LogP contribution is 2.26. The van der Waals surface area contributed by atoms with E-state index in [1.165, 1.54) is 22.4 Å². The third-order valence-corrected chi connectivity index (χ3v) is 3.97. The molecule has 0 aliphatic rings. The zero-order chi connectivity index (χ0) is 15.7. The molecule has 5 heteroatoms. The van der Waals surface area contributed by atoms with Crippen LogP contribution in [-0.2, 0) is 20.2 Å². The number of hydrogen-bond donors (Lipinski definition) is 1. The molecule has 5 nitrogen and oxygen atoms in total. The third-order valence-electron chi connectivity index (χ3n) is 3.97. The molecule has 114 valence electrons. The minimum atomic E-state index is 0.0263. The molecule has 1 aromatic carbocycles. The van der Waals surface area contributed by atoms with Crippen molar-refractivity contribution in [3.63, 3.8) is 0 Å². The van der Waals surface area contributed by atoms with E-state index >= 15 is 0 Å². The fraction of sp³-hybridized carbons (Fsp3) is 0.294. The average molecular weight is 296 g/mol. The molecule has 0 saturated carbocycles. The van der Waals surface area contributed by atoms with E-state index in [-0.39, 0.29) is 6.61 Å². The van der Waals surface area contributed by atoms with Gasteiger partial charge in [0.1, 0.15) is 0 Å². The van der Waals surface area contributed by atoms with Gasteiger partial charge in [0.25, 0.3) is 0 Å². The maximum absolute atomic E-state index is 9.07. The average Bonchev–Trinajstić information content (AvgIpc) is 3.06.